The molecule has 0 N–H and O–H groups in total. The molecule has 0 aliphatic rings. The van der Waals surface area contributed by atoms with Crippen LogP contribution in [0.1, 0.15) is 4.88 Å². The molecule has 80 valence electrons. The Hall–Kier alpha value is -1.39. The van der Waals surface area contributed by atoms with Gasteiger partial charge in [-0.25, -0.2) is 4.98 Å². The number of aryl methyl sites for hydroxylation is 1. The lowest BCUT2D eigenvalue weighted by Gasteiger charge is -2.01. The van der Waals surface area contributed by atoms with Crippen molar-refractivity contribution in [1.82, 2.24) is 9.55 Å². The van der Waals surface area contributed by atoms with Gasteiger partial charge in [0, 0.05) is 22.8 Å². The van der Waals surface area contributed by atoms with Gasteiger partial charge < -0.3 is 0 Å². The topological polar surface area (TPSA) is 17.8 Å². The van der Waals surface area contributed by atoms with Gasteiger partial charge in [-0.1, -0.05) is 0 Å². The van der Waals surface area contributed by atoms with Gasteiger partial charge in [-0.15, -0.1) is 11.3 Å². The molecule has 3 heterocycles. The smallest absolute Gasteiger partial charge is 0.108 e. The molecule has 3 aromatic rings. The molecule has 0 aliphatic carbocycles. The Kier molecular flexibility index (Phi) is 2.38. The summed E-state index contributed by atoms with van der Waals surface area (Å²) in [6.45, 7) is 2.14. The summed E-state index contributed by atoms with van der Waals surface area (Å²) in [7, 11) is 0. The first kappa shape index (κ1) is 9.81. The van der Waals surface area contributed by atoms with E-state index in [-0.39, 0.29) is 0 Å². The molecule has 2 nitrogen and oxygen atoms in total. The fourth-order valence-electron chi connectivity index (χ4n) is 1.70. The SMILES string of the molecule is Cc1cc(-c2ccsc2)c(-n2ccnc2)s1. The third-order valence-corrected chi connectivity index (χ3v) is 4.15. The summed E-state index contributed by atoms with van der Waals surface area (Å²) in [6.07, 6.45) is 5.65. The molecule has 0 aliphatic heterocycles. The highest BCUT2D eigenvalue weighted by Crippen LogP contribution is 2.35. The van der Waals surface area contributed by atoms with E-state index in [0.29, 0.717) is 0 Å². The van der Waals surface area contributed by atoms with Crippen LogP contribution in [-0.2, 0) is 0 Å². The van der Waals surface area contributed by atoms with E-state index in [4.69, 9.17) is 0 Å². The monoisotopic (exact) mass is 246 g/mol. The average molecular weight is 246 g/mol. The van der Waals surface area contributed by atoms with Gasteiger partial charge in [0.05, 0.1) is 6.33 Å². The molecular formula is C12H10N2S2. The summed E-state index contributed by atoms with van der Waals surface area (Å²) in [4.78, 5) is 5.43. The molecular weight excluding hydrogens is 236 g/mol. The summed E-state index contributed by atoms with van der Waals surface area (Å²) >= 11 is 3.53. The van der Waals surface area contributed by atoms with Crippen molar-refractivity contribution in [3.8, 4) is 16.1 Å². The fourth-order valence-corrected chi connectivity index (χ4v) is 3.34. The van der Waals surface area contributed by atoms with Crippen LogP contribution in [0.15, 0.2) is 41.6 Å². The zero-order chi connectivity index (χ0) is 11.0. The molecule has 4 heteroatoms. The van der Waals surface area contributed by atoms with Crippen molar-refractivity contribution in [1.29, 1.82) is 0 Å². The van der Waals surface area contributed by atoms with E-state index in [1.165, 1.54) is 21.0 Å². The van der Waals surface area contributed by atoms with Crippen molar-refractivity contribution in [3.63, 3.8) is 0 Å². The van der Waals surface area contributed by atoms with E-state index >= 15 is 0 Å². The van der Waals surface area contributed by atoms with Crippen molar-refractivity contribution in [2.75, 3.05) is 0 Å². The van der Waals surface area contributed by atoms with Crippen molar-refractivity contribution in [2.45, 2.75) is 6.92 Å². The predicted octanol–water partition coefficient (Wildman–Crippen LogP) is 3.97. The molecule has 0 radical (unpaired) electrons. The van der Waals surface area contributed by atoms with Crippen LogP contribution in [0.2, 0.25) is 0 Å². The number of rotatable bonds is 2. The van der Waals surface area contributed by atoms with Crippen LogP contribution in [0.5, 0.6) is 0 Å². The minimum atomic E-state index is 1.24. The molecule has 3 aromatic heterocycles. The predicted molar refractivity (Wildman–Crippen MR) is 69.5 cm³/mol. The normalized spacial score (nSPS) is 10.8. The van der Waals surface area contributed by atoms with Gasteiger partial charge in [-0.05, 0) is 35.4 Å². The molecule has 16 heavy (non-hydrogen) atoms. The number of nitrogens with zero attached hydrogens (tertiary/aromatic N) is 2. The Balaban J connectivity index is 2.19. The van der Waals surface area contributed by atoms with E-state index in [0.717, 1.165) is 0 Å². The van der Waals surface area contributed by atoms with E-state index in [2.05, 4.69) is 39.4 Å². The lowest BCUT2D eigenvalue weighted by atomic mass is 10.1. The molecule has 0 atom stereocenters. The number of thiophene rings is 2. The highest BCUT2D eigenvalue weighted by molar-refractivity contribution is 7.15. The third-order valence-electron chi connectivity index (χ3n) is 2.41. The average Bonchev–Trinajstić information content (AvgIpc) is 2.98. The van der Waals surface area contributed by atoms with Crippen LogP contribution < -0.4 is 0 Å². The Morgan fingerprint density at radius 3 is 3.00 bits per heavy atom. The highest BCUT2D eigenvalue weighted by atomic mass is 32.1. The Morgan fingerprint density at radius 1 is 1.38 bits per heavy atom. The summed E-state index contributed by atoms with van der Waals surface area (Å²) in [5.74, 6) is 0. The fraction of sp³-hybridized carbons (Fsp3) is 0.0833. The van der Waals surface area contributed by atoms with Crippen molar-refractivity contribution in [3.05, 3.63) is 46.5 Å². The van der Waals surface area contributed by atoms with Crippen LogP contribution in [0.3, 0.4) is 0 Å². The maximum atomic E-state index is 4.10. The Morgan fingerprint density at radius 2 is 2.31 bits per heavy atom. The minimum Gasteiger partial charge on any atom is -0.297 e. The van der Waals surface area contributed by atoms with E-state index < -0.39 is 0 Å². The van der Waals surface area contributed by atoms with E-state index in [1.54, 1.807) is 22.7 Å². The van der Waals surface area contributed by atoms with Gasteiger partial charge in [-0.3, -0.25) is 4.57 Å². The van der Waals surface area contributed by atoms with Gasteiger partial charge in [0.25, 0.3) is 0 Å². The van der Waals surface area contributed by atoms with E-state index in [1.807, 2.05) is 18.7 Å². The Labute approximate surface area is 102 Å². The molecule has 0 fully saturated rings. The maximum Gasteiger partial charge on any atom is 0.108 e. The molecule has 0 bridgehead atoms. The number of aromatic nitrogens is 2. The van der Waals surface area contributed by atoms with Gasteiger partial charge in [-0.2, -0.15) is 11.3 Å². The van der Waals surface area contributed by atoms with Crippen LogP contribution in [0.25, 0.3) is 16.1 Å². The van der Waals surface area contributed by atoms with Gasteiger partial charge in [0.2, 0.25) is 0 Å². The molecule has 0 saturated carbocycles. The first-order chi connectivity index (χ1) is 7.84. The molecule has 3 rings (SSSR count). The Bertz CT molecular complexity index is 525. The summed E-state index contributed by atoms with van der Waals surface area (Å²) in [5.41, 5.74) is 2.58. The van der Waals surface area contributed by atoms with Crippen molar-refractivity contribution in [2.24, 2.45) is 0 Å². The first-order valence-electron chi connectivity index (χ1n) is 4.96. The second-order valence-corrected chi connectivity index (χ2v) is 5.57. The number of imidazole rings is 1. The second kappa shape index (κ2) is 3.88. The zero-order valence-electron chi connectivity index (χ0n) is 8.75. The summed E-state index contributed by atoms with van der Waals surface area (Å²) < 4.78 is 2.07. The van der Waals surface area contributed by atoms with Crippen molar-refractivity contribution >= 4 is 22.7 Å². The number of hydrogen-bond donors (Lipinski definition) is 0. The zero-order valence-corrected chi connectivity index (χ0v) is 10.4. The molecule has 0 saturated heterocycles. The van der Waals surface area contributed by atoms with Crippen LogP contribution in [-0.4, -0.2) is 9.55 Å². The molecule has 0 spiro atoms. The largest absolute Gasteiger partial charge is 0.297 e. The lowest BCUT2D eigenvalue weighted by Crippen LogP contribution is -1.87. The van der Waals surface area contributed by atoms with E-state index in [9.17, 15) is 0 Å². The maximum absolute atomic E-state index is 4.10. The lowest BCUT2D eigenvalue weighted by molar-refractivity contribution is 1.09. The molecule has 0 amide bonds. The standard InChI is InChI=1S/C12H10N2S2/c1-9-6-11(10-2-5-15-7-10)12(16-9)14-4-3-13-8-14/h2-8H,1H3. The third kappa shape index (κ3) is 1.60. The second-order valence-electron chi connectivity index (χ2n) is 3.56. The van der Waals surface area contributed by atoms with Crippen LogP contribution in [0, 0.1) is 6.92 Å². The summed E-state index contributed by atoms with van der Waals surface area (Å²) in [6, 6.07) is 4.40. The van der Waals surface area contributed by atoms with Crippen LogP contribution in [0.4, 0.5) is 0 Å². The molecule has 0 unspecified atom stereocenters. The van der Waals surface area contributed by atoms with Gasteiger partial charge in [0.15, 0.2) is 0 Å². The summed E-state index contributed by atoms with van der Waals surface area (Å²) in [5, 5.41) is 5.54. The van der Waals surface area contributed by atoms with Gasteiger partial charge in [0.1, 0.15) is 5.00 Å². The highest BCUT2D eigenvalue weighted by Gasteiger charge is 2.10. The van der Waals surface area contributed by atoms with Gasteiger partial charge >= 0.3 is 0 Å². The minimum absolute atomic E-state index is 1.24. The number of hydrogen-bond acceptors (Lipinski definition) is 3. The molecule has 0 aromatic carbocycles. The first-order valence-corrected chi connectivity index (χ1v) is 6.72. The van der Waals surface area contributed by atoms with Crippen LogP contribution >= 0.6 is 22.7 Å². The van der Waals surface area contributed by atoms with Crippen molar-refractivity contribution < 1.29 is 0 Å². The quantitative estimate of drug-likeness (QED) is 0.669.